The summed E-state index contributed by atoms with van der Waals surface area (Å²) in [6.07, 6.45) is 2.93. The van der Waals surface area contributed by atoms with E-state index in [2.05, 4.69) is 10.6 Å². The number of nitrogens with two attached hydrogens (primary N) is 1. The Labute approximate surface area is 306 Å². The molecule has 0 aromatic heterocycles. The van der Waals surface area contributed by atoms with Gasteiger partial charge in [0.1, 0.15) is 12.3 Å². The van der Waals surface area contributed by atoms with Crippen molar-refractivity contribution in [2.75, 3.05) is 47.1 Å². The molecule has 1 aliphatic heterocycles. The zero-order valence-corrected chi connectivity index (χ0v) is 33.0. The number of hydrogen-bond acceptors (Lipinski definition) is 8. The van der Waals surface area contributed by atoms with Crippen LogP contribution in [0.4, 0.5) is 5.69 Å². The number of likely N-dealkylation sites (N-methyl/N-ethyl adjacent to an activating group) is 2. The maximum absolute atomic E-state index is 14.1. The van der Waals surface area contributed by atoms with Crippen LogP contribution in [-0.4, -0.2) is 116 Å². The lowest BCUT2D eigenvalue weighted by molar-refractivity contribution is -0.145. The van der Waals surface area contributed by atoms with Crippen LogP contribution < -0.4 is 16.4 Å². The van der Waals surface area contributed by atoms with Gasteiger partial charge in [0.2, 0.25) is 23.6 Å². The monoisotopic (exact) mass is 715 g/mol. The lowest BCUT2D eigenvalue weighted by atomic mass is 9.84. The number of aldehydes is 1. The molecule has 1 aromatic carbocycles. The summed E-state index contributed by atoms with van der Waals surface area (Å²) in [5.74, 6) is -2.46. The van der Waals surface area contributed by atoms with Crippen LogP contribution in [0.2, 0.25) is 0 Å². The molecule has 4 amide bonds. The zero-order chi connectivity index (χ0) is 38.6. The average Bonchev–Trinajstić information content (AvgIpc) is 3.56. The number of amides is 4. The number of methoxy groups -OCH3 is 1. The molecule has 288 valence electrons. The number of nitrogens with zero attached hydrogens (tertiary/aromatic N) is 3. The van der Waals surface area contributed by atoms with Gasteiger partial charge in [-0.2, -0.15) is 0 Å². The van der Waals surface area contributed by atoms with E-state index in [0.717, 1.165) is 18.3 Å². The standard InChI is InChI=1S/C39H66N6O6/c1-12-26(6)35(44(10)39(50)33(24(2)3)42-38(49)34(25(4)5)43(8)9)29(23-46)22-32(47)45-21-13-14-31(45)36(51-11)27(7)37(48)41-20-19-28-15-17-30(40)18-16-28/h15-18,23-27,29,31,33-36H,12-14,19-22,40H2,1-11H3,(H,41,48)(H,42,49). The molecule has 0 spiro atoms. The van der Waals surface area contributed by atoms with E-state index in [1.54, 1.807) is 24.0 Å². The molecular weight excluding hydrogens is 648 g/mol. The molecule has 12 heteroatoms. The van der Waals surface area contributed by atoms with Crippen molar-refractivity contribution < 1.29 is 28.7 Å². The van der Waals surface area contributed by atoms with Gasteiger partial charge in [-0.1, -0.05) is 67.0 Å². The summed E-state index contributed by atoms with van der Waals surface area (Å²) in [5, 5.41) is 6.00. The van der Waals surface area contributed by atoms with Gasteiger partial charge in [0, 0.05) is 51.3 Å². The second-order valence-corrected chi connectivity index (χ2v) is 15.3. The number of rotatable bonds is 20. The molecule has 4 N–H and O–H groups in total. The van der Waals surface area contributed by atoms with Crippen molar-refractivity contribution in [1.29, 1.82) is 0 Å². The van der Waals surface area contributed by atoms with Gasteiger partial charge in [-0.3, -0.25) is 24.1 Å². The fourth-order valence-corrected chi connectivity index (χ4v) is 7.62. The molecule has 2 rings (SSSR count). The molecule has 8 atom stereocenters. The lowest BCUT2D eigenvalue weighted by Crippen LogP contribution is -2.59. The highest BCUT2D eigenvalue weighted by molar-refractivity contribution is 5.90. The third-order valence-corrected chi connectivity index (χ3v) is 10.6. The van der Waals surface area contributed by atoms with Crippen molar-refractivity contribution in [3.63, 3.8) is 0 Å². The minimum atomic E-state index is -0.803. The summed E-state index contributed by atoms with van der Waals surface area (Å²) >= 11 is 0. The van der Waals surface area contributed by atoms with E-state index in [9.17, 15) is 24.0 Å². The Morgan fingerprint density at radius 2 is 1.63 bits per heavy atom. The number of carbonyl (C=O) groups excluding carboxylic acids is 5. The van der Waals surface area contributed by atoms with E-state index in [0.29, 0.717) is 38.0 Å². The van der Waals surface area contributed by atoms with E-state index in [1.807, 2.05) is 91.7 Å². The topological polar surface area (TPSA) is 154 Å². The van der Waals surface area contributed by atoms with Crippen molar-refractivity contribution in [1.82, 2.24) is 25.3 Å². The molecule has 0 saturated carbocycles. The van der Waals surface area contributed by atoms with Gasteiger partial charge in [-0.05, 0) is 68.8 Å². The normalized spacial score (nSPS) is 18.9. The van der Waals surface area contributed by atoms with Gasteiger partial charge in [0.05, 0.1) is 24.1 Å². The number of benzene rings is 1. The van der Waals surface area contributed by atoms with E-state index in [1.165, 1.54) is 0 Å². The van der Waals surface area contributed by atoms with E-state index in [4.69, 9.17) is 10.5 Å². The van der Waals surface area contributed by atoms with Crippen molar-refractivity contribution in [3.8, 4) is 0 Å². The lowest BCUT2D eigenvalue weighted by Gasteiger charge is -2.40. The Bertz CT molecular complexity index is 1280. The number of carbonyl (C=O) groups is 5. The van der Waals surface area contributed by atoms with Crippen molar-refractivity contribution in [2.45, 2.75) is 111 Å². The highest BCUT2D eigenvalue weighted by Crippen LogP contribution is 2.30. The largest absolute Gasteiger partial charge is 0.399 e. The van der Waals surface area contributed by atoms with Crippen LogP contribution in [0.1, 0.15) is 79.7 Å². The van der Waals surface area contributed by atoms with Crippen molar-refractivity contribution in [3.05, 3.63) is 29.8 Å². The number of likely N-dealkylation sites (tertiary alicyclic amines) is 1. The van der Waals surface area contributed by atoms with Gasteiger partial charge >= 0.3 is 0 Å². The molecule has 1 saturated heterocycles. The SMILES string of the molecule is CCC(C)C(C(C=O)CC(=O)N1CCCC1C(OC)C(C)C(=O)NCCc1ccc(N)cc1)N(C)C(=O)C(NC(=O)C(C(C)C)N(C)C)C(C)C. The Balaban J connectivity index is 2.21. The molecule has 1 heterocycles. The smallest absolute Gasteiger partial charge is 0.245 e. The predicted octanol–water partition coefficient (Wildman–Crippen LogP) is 3.37. The maximum atomic E-state index is 14.1. The molecule has 1 aliphatic rings. The average molecular weight is 715 g/mol. The van der Waals surface area contributed by atoms with Crippen LogP contribution in [-0.2, 0) is 35.1 Å². The van der Waals surface area contributed by atoms with Crippen LogP contribution in [0.25, 0.3) is 0 Å². The van der Waals surface area contributed by atoms with Crippen molar-refractivity contribution >= 4 is 35.6 Å². The van der Waals surface area contributed by atoms with Crippen LogP contribution >= 0.6 is 0 Å². The van der Waals surface area contributed by atoms with Gasteiger partial charge in [-0.25, -0.2) is 0 Å². The molecule has 1 fully saturated rings. The predicted molar refractivity (Wildman–Crippen MR) is 202 cm³/mol. The molecular formula is C39H66N6O6. The summed E-state index contributed by atoms with van der Waals surface area (Å²) in [4.78, 5) is 72.7. The Morgan fingerprint density at radius 3 is 2.14 bits per heavy atom. The minimum absolute atomic E-state index is 0.0313. The molecule has 8 unspecified atom stereocenters. The van der Waals surface area contributed by atoms with Gasteiger partial charge < -0.3 is 35.7 Å². The van der Waals surface area contributed by atoms with Gasteiger partial charge in [0.25, 0.3) is 0 Å². The van der Waals surface area contributed by atoms with Crippen LogP contribution in [0.3, 0.4) is 0 Å². The number of nitrogen functional groups attached to an aromatic ring is 1. The first kappa shape index (κ1) is 43.7. The summed E-state index contributed by atoms with van der Waals surface area (Å²) in [5.41, 5.74) is 7.53. The Kier molecular flexibility index (Phi) is 17.6. The zero-order valence-electron chi connectivity index (χ0n) is 33.0. The number of anilines is 1. The first-order valence-electron chi connectivity index (χ1n) is 18.6. The second-order valence-electron chi connectivity index (χ2n) is 15.3. The van der Waals surface area contributed by atoms with Gasteiger partial charge in [0.15, 0.2) is 0 Å². The molecule has 51 heavy (non-hydrogen) atoms. The fourth-order valence-electron chi connectivity index (χ4n) is 7.62. The summed E-state index contributed by atoms with van der Waals surface area (Å²) in [6.45, 7) is 14.4. The number of ether oxygens (including phenoxy) is 1. The summed E-state index contributed by atoms with van der Waals surface area (Å²) in [6, 6.07) is 5.42. The van der Waals surface area contributed by atoms with E-state index >= 15 is 0 Å². The molecule has 1 aromatic rings. The molecule has 0 bridgehead atoms. The molecule has 12 nitrogen and oxygen atoms in total. The third-order valence-electron chi connectivity index (χ3n) is 10.6. The molecule has 0 radical (unpaired) electrons. The summed E-state index contributed by atoms with van der Waals surface area (Å²) < 4.78 is 5.88. The number of hydrogen-bond donors (Lipinski definition) is 3. The number of nitrogens with one attached hydrogen (secondary N) is 2. The van der Waals surface area contributed by atoms with E-state index in [-0.39, 0.29) is 53.8 Å². The first-order chi connectivity index (χ1) is 24.0. The first-order valence-corrected chi connectivity index (χ1v) is 18.6. The van der Waals surface area contributed by atoms with Crippen molar-refractivity contribution in [2.24, 2.45) is 29.6 Å². The minimum Gasteiger partial charge on any atom is -0.399 e. The van der Waals surface area contributed by atoms with E-state index < -0.39 is 36.1 Å². The van der Waals surface area contributed by atoms with Crippen LogP contribution in [0.5, 0.6) is 0 Å². The summed E-state index contributed by atoms with van der Waals surface area (Å²) in [7, 11) is 6.91. The van der Waals surface area contributed by atoms with Crippen LogP contribution in [0, 0.1) is 29.6 Å². The highest BCUT2D eigenvalue weighted by Gasteiger charge is 2.43. The Hall–Kier alpha value is -3.51. The van der Waals surface area contributed by atoms with Crippen LogP contribution in [0.15, 0.2) is 24.3 Å². The third kappa shape index (κ3) is 11.8. The van der Waals surface area contributed by atoms with Gasteiger partial charge in [-0.15, -0.1) is 0 Å². The maximum Gasteiger partial charge on any atom is 0.245 e. The Morgan fingerprint density at radius 1 is 1.00 bits per heavy atom. The molecule has 0 aliphatic carbocycles. The highest BCUT2D eigenvalue weighted by atomic mass is 16.5. The quantitative estimate of drug-likeness (QED) is 0.137. The second kappa shape index (κ2) is 20.5. The fraction of sp³-hybridized carbons (Fsp3) is 0.718.